The van der Waals surface area contributed by atoms with Crippen molar-refractivity contribution in [2.75, 3.05) is 0 Å². The van der Waals surface area contributed by atoms with Crippen LogP contribution < -0.4 is 5.32 Å². The van der Waals surface area contributed by atoms with Crippen molar-refractivity contribution in [3.8, 4) is 16.3 Å². The largest absolute Gasteiger partial charge is 0.343 e. The first-order valence-electron chi connectivity index (χ1n) is 9.37. The molecule has 5 nitrogen and oxygen atoms in total. The van der Waals surface area contributed by atoms with Gasteiger partial charge in [-0.3, -0.25) is 9.78 Å². The molecule has 0 aliphatic carbocycles. The number of amides is 1. The smallest absolute Gasteiger partial charge is 0.272 e. The van der Waals surface area contributed by atoms with Crippen LogP contribution >= 0.6 is 34.5 Å². The van der Waals surface area contributed by atoms with E-state index in [1.165, 1.54) is 6.07 Å². The lowest BCUT2D eigenvalue weighted by Gasteiger charge is -2.12. The summed E-state index contributed by atoms with van der Waals surface area (Å²) in [5.41, 5.74) is 2.69. The van der Waals surface area contributed by atoms with Crippen molar-refractivity contribution in [3.63, 3.8) is 0 Å². The Hall–Kier alpha value is -2.74. The van der Waals surface area contributed by atoms with E-state index in [4.69, 9.17) is 23.2 Å². The zero-order chi connectivity index (χ0) is 22.1. The normalized spacial score (nSPS) is 12.0. The highest BCUT2D eigenvalue weighted by Crippen LogP contribution is 2.35. The number of nitrogens with one attached hydrogen (secondary N) is 1. The standard InChI is InChI=1S/C22H17Cl2FN4OS/c1-12-20(22(30)27-13(2)16-5-3-4-10-26-16)28-29(17-7-6-14(23)11-15(17)24)21(12)18-8-9-19(25)31-18/h3-11,13H,1-2H3,(H,27,30)/t13-/m0/s1. The van der Waals surface area contributed by atoms with Gasteiger partial charge in [-0.25, -0.2) is 4.68 Å². The van der Waals surface area contributed by atoms with E-state index in [0.717, 1.165) is 17.0 Å². The van der Waals surface area contributed by atoms with Crippen LogP contribution in [0.15, 0.2) is 54.7 Å². The summed E-state index contributed by atoms with van der Waals surface area (Å²) in [6, 6.07) is 13.2. The molecule has 0 spiro atoms. The Morgan fingerprint density at radius 2 is 2.00 bits per heavy atom. The van der Waals surface area contributed by atoms with Crippen molar-refractivity contribution in [3.05, 3.63) is 86.9 Å². The van der Waals surface area contributed by atoms with Gasteiger partial charge in [0.15, 0.2) is 10.8 Å². The van der Waals surface area contributed by atoms with Crippen LogP contribution in [0.1, 0.15) is 34.7 Å². The molecule has 0 unspecified atom stereocenters. The lowest BCUT2D eigenvalue weighted by Crippen LogP contribution is -2.28. The minimum atomic E-state index is -0.363. The Morgan fingerprint density at radius 1 is 1.19 bits per heavy atom. The van der Waals surface area contributed by atoms with Crippen LogP contribution in [-0.2, 0) is 0 Å². The molecule has 31 heavy (non-hydrogen) atoms. The Labute approximate surface area is 192 Å². The molecule has 4 aromatic rings. The van der Waals surface area contributed by atoms with Gasteiger partial charge in [-0.1, -0.05) is 29.3 Å². The van der Waals surface area contributed by atoms with Gasteiger partial charge in [0.1, 0.15) is 0 Å². The van der Waals surface area contributed by atoms with Gasteiger partial charge in [-0.05, 0) is 56.3 Å². The van der Waals surface area contributed by atoms with E-state index in [2.05, 4.69) is 15.4 Å². The maximum atomic E-state index is 13.8. The summed E-state index contributed by atoms with van der Waals surface area (Å²) in [5.74, 6) is -0.363. The number of hydrogen-bond donors (Lipinski definition) is 1. The molecule has 9 heteroatoms. The maximum Gasteiger partial charge on any atom is 0.272 e. The van der Waals surface area contributed by atoms with Crippen molar-refractivity contribution in [1.82, 2.24) is 20.1 Å². The molecule has 0 radical (unpaired) electrons. The number of carbonyl (C=O) groups is 1. The molecule has 1 amide bonds. The lowest BCUT2D eigenvalue weighted by molar-refractivity contribution is 0.0933. The van der Waals surface area contributed by atoms with Crippen molar-refractivity contribution < 1.29 is 9.18 Å². The zero-order valence-electron chi connectivity index (χ0n) is 16.6. The number of nitrogens with zero attached hydrogens (tertiary/aromatic N) is 3. The summed E-state index contributed by atoms with van der Waals surface area (Å²) < 4.78 is 15.4. The van der Waals surface area contributed by atoms with Gasteiger partial charge in [0, 0.05) is 16.8 Å². The second-order valence-corrected chi connectivity index (χ2v) is 8.76. The highest BCUT2D eigenvalue weighted by atomic mass is 35.5. The molecule has 0 aliphatic heterocycles. The van der Waals surface area contributed by atoms with E-state index in [9.17, 15) is 9.18 Å². The average Bonchev–Trinajstić information content (AvgIpc) is 3.31. The van der Waals surface area contributed by atoms with Crippen molar-refractivity contribution in [2.45, 2.75) is 19.9 Å². The number of pyridine rings is 1. The first-order valence-corrected chi connectivity index (χ1v) is 10.9. The van der Waals surface area contributed by atoms with Gasteiger partial charge < -0.3 is 5.32 Å². The van der Waals surface area contributed by atoms with E-state index in [1.54, 1.807) is 42.1 Å². The summed E-state index contributed by atoms with van der Waals surface area (Å²) in [6.45, 7) is 3.62. The Kier molecular flexibility index (Phi) is 6.09. The first kappa shape index (κ1) is 21.5. The van der Waals surface area contributed by atoms with E-state index >= 15 is 0 Å². The molecule has 4 rings (SSSR count). The molecule has 0 fully saturated rings. The molecule has 158 valence electrons. The Bertz CT molecular complexity index is 1260. The number of hydrogen-bond acceptors (Lipinski definition) is 4. The molecular weight excluding hydrogens is 458 g/mol. The number of thiophene rings is 1. The van der Waals surface area contributed by atoms with Crippen LogP contribution in [0.4, 0.5) is 4.39 Å². The van der Waals surface area contributed by atoms with Crippen LogP contribution in [0.2, 0.25) is 10.0 Å². The van der Waals surface area contributed by atoms with Gasteiger partial charge in [-0.15, -0.1) is 11.3 Å². The fourth-order valence-electron chi connectivity index (χ4n) is 3.24. The third kappa shape index (κ3) is 4.35. The predicted octanol–water partition coefficient (Wildman–Crippen LogP) is 6.24. The quantitative estimate of drug-likeness (QED) is 0.372. The summed E-state index contributed by atoms with van der Waals surface area (Å²) in [5, 5.41) is 7.97. The highest BCUT2D eigenvalue weighted by Gasteiger charge is 2.25. The summed E-state index contributed by atoms with van der Waals surface area (Å²) >= 11 is 13.4. The average molecular weight is 475 g/mol. The van der Waals surface area contributed by atoms with Crippen LogP contribution in [0, 0.1) is 12.1 Å². The summed E-state index contributed by atoms with van der Waals surface area (Å²) in [7, 11) is 0. The molecule has 1 N–H and O–H groups in total. The molecule has 0 aliphatic rings. The van der Waals surface area contributed by atoms with Gasteiger partial charge in [0.05, 0.1) is 33.0 Å². The molecule has 0 bridgehead atoms. The zero-order valence-corrected chi connectivity index (χ0v) is 18.9. The van der Waals surface area contributed by atoms with Crippen molar-refractivity contribution in [2.24, 2.45) is 0 Å². The van der Waals surface area contributed by atoms with Crippen molar-refractivity contribution in [1.29, 1.82) is 0 Å². The third-order valence-electron chi connectivity index (χ3n) is 4.76. The Balaban J connectivity index is 1.79. The number of carbonyl (C=O) groups excluding carboxylic acids is 1. The second-order valence-electron chi connectivity index (χ2n) is 6.88. The molecule has 1 atom stereocenters. The van der Waals surface area contributed by atoms with Gasteiger partial charge in [-0.2, -0.15) is 9.49 Å². The highest BCUT2D eigenvalue weighted by molar-refractivity contribution is 7.13. The monoisotopic (exact) mass is 474 g/mol. The van der Waals surface area contributed by atoms with Crippen LogP contribution in [-0.4, -0.2) is 20.7 Å². The number of halogens is 3. The minimum Gasteiger partial charge on any atom is -0.343 e. The molecular formula is C22H17Cl2FN4OS. The molecule has 3 aromatic heterocycles. The lowest BCUT2D eigenvalue weighted by atomic mass is 10.1. The van der Waals surface area contributed by atoms with Gasteiger partial charge >= 0.3 is 0 Å². The summed E-state index contributed by atoms with van der Waals surface area (Å²) in [4.78, 5) is 18.0. The second kappa shape index (κ2) is 8.78. The van der Waals surface area contributed by atoms with Gasteiger partial charge in [0.25, 0.3) is 5.91 Å². The van der Waals surface area contributed by atoms with E-state index in [1.807, 2.05) is 25.1 Å². The molecule has 3 heterocycles. The third-order valence-corrected chi connectivity index (χ3v) is 6.18. The number of aromatic nitrogens is 3. The van der Waals surface area contributed by atoms with Crippen LogP contribution in [0.3, 0.4) is 0 Å². The number of benzene rings is 1. The predicted molar refractivity (Wildman–Crippen MR) is 122 cm³/mol. The maximum absolute atomic E-state index is 13.8. The van der Waals surface area contributed by atoms with E-state index in [0.29, 0.717) is 31.9 Å². The van der Waals surface area contributed by atoms with Gasteiger partial charge in [0.2, 0.25) is 0 Å². The topological polar surface area (TPSA) is 59.8 Å². The minimum absolute atomic E-state index is 0.220. The van der Waals surface area contributed by atoms with E-state index in [-0.39, 0.29) is 22.8 Å². The van der Waals surface area contributed by atoms with Crippen LogP contribution in [0.5, 0.6) is 0 Å². The molecule has 0 saturated carbocycles. The Morgan fingerprint density at radius 3 is 2.65 bits per heavy atom. The fraction of sp³-hybridized carbons (Fsp3) is 0.136. The molecule has 0 saturated heterocycles. The van der Waals surface area contributed by atoms with Crippen molar-refractivity contribution >= 4 is 40.4 Å². The molecule has 1 aromatic carbocycles. The van der Waals surface area contributed by atoms with E-state index < -0.39 is 0 Å². The first-order chi connectivity index (χ1) is 14.8. The summed E-state index contributed by atoms with van der Waals surface area (Å²) in [6.07, 6.45) is 1.67. The van der Waals surface area contributed by atoms with Crippen LogP contribution in [0.25, 0.3) is 16.3 Å². The SMILES string of the molecule is Cc1c(C(=O)N[C@@H](C)c2ccccn2)nn(-c2ccc(Cl)cc2Cl)c1-c1ccc(F)s1. The number of rotatable bonds is 5. The fourth-order valence-corrected chi connectivity index (χ4v) is 4.55.